The molecule has 0 spiro atoms. The van der Waals surface area contributed by atoms with E-state index in [-0.39, 0.29) is 24.3 Å². The van der Waals surface area contributed by atoms with Crippen LogP contribution in [0.1, 0.15) is 36.8 Å². The van der Waals surface area contributed by atoms with Crippen molar-refractivity contribution >= 4 is 11.8 Å². The topological polar surface area (TPSA) is 73.9 Å². The van der Waals surface area contributed by atoms with Crippen molar-refractivity contribution in [1.29, 1.82) is 0 Å². The Morgan fingerprint density at radius 2 is 1.81 bits per heavy atom. The summed E-state index contributed by atoms with van der Waals surface area (Å²) in [5.74, 6) is -0.0291. The molecule has 2 saturated heterocycles. The summed E-state index contributed by atoms with van der Waals surface area (Å²) in [6.45, 7) is 7.01. The molecule has 1 aromatic carbocycles. The lowest BCUT2D eigenvalue weighted by Gasteiger charge is -2.38. The van der Waals surface area contributed by atoms with E-state index in [9.17, 15) is 9.59 Å². The number of amides is 2. The maximum absolute atomic E-state index is 12.6. The number of morpholine rings is 1. The first-order valence-corrected chi connectivity index (χ1v) is 11.9. The number of carbonyl (C=O) groups is 2. The number of hydrogen-bond acceptors (Lipinski definition) is 5. The molecule has 1 atom stereocenters. The van der Waals surface area contributed by atoms with Crippen LogP contribution >= 0.6 is 0 Å². The van der Waals surface area contributed by atoms with Crippen LogP contribution in [-0.2, 0) is 27.2 Å². The van der Waals surface area contributed by atoms with Gasteiger partial charge in [0.05, 0.1) is 25.7 Å². The molecular formula is C24H36N4O3. The zero-order valence-corrected chi connectivity index (χ0v) is 18.5. The number of rotatable bonds is 9. The average molecular weight is 429 g/mol. The first kappa shape index (κ1) is 22.2. The van der Waals surface area contributed by atoms with Crippen molar-refractivity contribution in [3.8, 4) is 0 Å². The molecule has 1 unspecified atom stereocenters. The van der Waals surface area contributed by atoms with Gasteiger partial charge in [0.25, 0.3) is 0 Å². The normalized spacial score (nSPS) is 22.8. The second-order valence-electron chi connectivity index (χ2n) is 8.94. The van der Waals surface area contributed by atoms with Gasteiger partial charge in [-0.2, -0.15) is 0 Å². The highest BCUT2D eigenvalue weighted by Gasteiger charge is 2.37. The van der Waals surface area contributed by atoms with E-state index < -0.39 is 0 Å². The van der Waals surface area contributed by atoms with E-state index in [2.05, 4.69) is 44.7 Å². The summed E-state index contributed by atoms with van der Waals surface area (Å²) >= 11 is 0. The monoisotopic (exact) mass is 428 g/mol. The molecule has 7 heteroatoms. The Hall–Kier alpha value is -1.96. The lowest BCUT2D eigenvalue weighted by atomic mass is 10.0. The van der Waals surface area contributed by atoms with E-state index in [0.29, 0.717) is 19.1 Å². The zero-order valence-electron chi connectivity index (χ0n) is 18.5. The molecule has 7 nitrogen and oxygen atoms in total. The maximum atomic E-state index is 12.6. The first-order chi connectivity index (χ1) is 15.2. The van der Waals surface area contributed by atoms with Crippen LogP contribution in [0.2, 0.25) is 0 Å². The number of fused-ring (bicyclic) bond motifs is 1. The Labute approximate surface area is 185 Å². The van der Waals surface area contributed by atoms with Gasteiger partial charge in [0.2, 0.25) is 11.8 Å². The maximum Gasteiger partial charge on any atom is 0.237 e. The molecule has 170 valence electrons. The molecule has 0 aromatic heterocycles. The Morgan fingerprint density at radius 3 is 2.55 bits per heavy atom. The van der Waals surface area contributed by atoms with Crippen molar-refractivity contribution in [3.05, 3.63) is 35.4 Å². The number of piperazine rings is 1. The van der Waals surface area contributed by atoms with E-state index in [1.807, 2.05) is 0 Å². The van der Waals surface area contributed by atoms with Gasteiger partial charge in [-0.15, -0.1) is 0 Å². The Bertz CT molecular complexity index is 725. The lowest BCUT2D eigenvalue weighted by Crippen LogP contribution is -2.59. The molecule has 31 heavy (non-hydrogen) atoms. The van der Waals surface area contributed by atoms with Crippen molar-refractivity contribution in [2.45, 2.75) is 50.6 Å². The highest BCUT2D eigenvalue weighted by atomic mass is 16.5. The standard InChI is InChI=1S/C24H36N4O3/c29-23(25-8-4-1-5-10-27-12-14-31-15-13-27)18-22-24(30)26-9-11-28(22)21-16-19-6-2-3-7-20(19)17-21/h2-3,6-7,21-22H,1,4-5,8-18H2,(H,25,29)(H,26,30). The predicted molar refractivity (Wildman–Crippen MR) is 120 cm³/mol. The summed E-state index contributed by atoms with van der Waals surface area (Å²) in [7, 11) is 0. The molecule has 0 radical (unpaired) electrons. The second kappa shape index (κ2) is 11.1. The number of unbranched alkanes of at least 4 members (excludes halogenated alkanes) is 2. The summed E-state index contributed by atoms with van der Waals surface area (Å²) in [6.07, 6.45) is 5.40. The molecule has 0 saturated carbocycles. The van der Waals surface area contributed by atoms with Crippen molar-refractivity contribution in [2.75, 3.05) is 52.5 Å². The lowest BCUT2D eigenvalue weighted by molar-refractivity contribution is -0.135. The predicted octanol–water partition coefficient (Wildman–Crippen LogP) is 0.963. The third kappa shape index (κ3) is 6.05. The highest BCUT2D eigenvalue weighted by Crippen LogP contribution is 2.28. The summed E-state index contributed by atoms with van der Waals surface area (Å²) < 4.78 is 5.38. The van der Waals surface area contributed by atoms with Crippen LogP contribution in [0.3, 0.4) is 0 Å². The van der Waals surface area contributed by atoms with Crippen LogP contribution in [0.4, 0.5) is 0 Å². The van der Waals surface area contributed by atoms with Crippen molar-refractivity contribution in [2.24, 2.45) is 0 Å². The van der Waals surface area contributed by atoms with Crippen molar-refractivity contribution in [1.82, 2.24) is 20.4 Å². The van der Waals surface area contributed by atoms with E-state index in [0.717, 1.165) is 71.5 Å². The molecule has 1 aromatic rings. The number of ether oxygens (including phenoxy) is 1. The quantitative estimate of drug-likeness (QED) is 0.574. The van der Waals surface area contributed by atoms with Crippen molar-refractivity contribution in [3.63, 3.8) is 0 Å². The van der Waals surface area contributed by atoms with Gasteiger partial charge in [-0.1, -0.05) is 30.7 Å². The summed E-state index contributed by atoms with van der Waals surface area (Å²) in [6, 6.07) is 8.46. The third-order valence-corrected chi connectivity index (χ3v) is 6.83. The van der Waals surface area contributed by atoms with Gasteiger partial charge in [0.15, 0.2) is 0 Å². The van der Waals surface area contributed by atoms with E-state index in [4.69, 9.17) is 4.74 Å². The van der Waals surface area contributed by atoms with E-state index in [1.165, 1.54) is 11.1 Å². The van der Waals surface area contributed by atoms with Crippen LogP contribution in [0.5, 0.6) is 0 Å². The number of carbonyl (C=O) groups excluding carboxylic acids is 2. The van der Waals surface area contributed by atoms with Gasteiger partial charge < -0.3 is 15.4 Å². The highest BCUT2D eigenvalue weighted by molar-refractivity contribution is 5.88. The SMILES string of the molecule is O=C(CC1C(=O)NCCN1C1Cc2ccccc2C1)NCCCCCN1CCOCC1. The van der Waals surface area contributed by atoms with Crippen LogP contribution in [-0.4, -0.2) is 86.2 Å². The van der Waals surface area contributed by atoms with Crippen LogP contribution in [0.15, 0.2) is 24.3 Å². The smallest absolute Gasteiger partial charge is 0.237 e. The van der Waals surface area contributed by atoms with Crippen LogP contribution in [0, 0.1) is 0 Å². The molecule has 2 aliphatic heterocycles. The number of hydrogen-bond donors (Lipinski definition) is 2. The van der Waals surface area contributed by atoms with Gasteiger partial charge in [0.1, 0.15) is 0 Å². The number of nitrogens with one attached hydrogen (secondary N) is 2. The fraction of sp³-hybridized carbons (Fsp3) is 0.667. The van der Waals surface area contributed by atoms with Gasteiger partial charge >= 0.3 is 0 Å². The largest absolute Gasteiger partial charge is 0.379 e. The molecule has 1 aliphatic carbocycles. The number of nitrogens with zero attached hydrogens (tertiary/aromatic N) is 2. The third-order valence-electron chi connectivity index (χ3n) is 6.83. The molecule has 2 fully saturated rings. The summed E-state index contributed by atoms with van der Waals surface area (Å²) in [5, 5.41) is 5.99. The fourth-order valence-electron chi connectivity index (χ4n) is 5.09. The summed E-state index contributed by atoms with van der Waals surface area (Å²) in [4.78, 5) is 29.9. The molecule has 4 rings (SSSR count). The van der Waals surface area contributed by atoms with Gasteiger partial charge in [0, 0.05) is 38.8 Å². The van der Waals surface area contributed by atoms with Gasteiger partial charge in [-0.05, 0) is 43.4 Å². The molecular weight excluding hydrogens is 392 g/mol. The molecule has 0 bridgehead atoms. The molecule has 2 amide bonds. The van der Waals surface area contributed by atoms with Crippen LogP contribution < -0.4 is 10.6 Å². The van der Waals surface area contributed by atoms with E-state index >= 15 is 0 Å². The minimum atomic E-state index is -0.366. The van der Waals surface area contributed by atoms with Crippen LogP contribution in [0.25, 0.3) is 0 Å². The first-order valence-electron chi connectivity index (χ1n) is 11.9. The van der Waals surface area contributed by atoms with Gasteiger partial charge in [-0.3, -0.25) is 19.4 Å². The minimum absolute atomic E-state index is 0.0112. The van der Waals surface area contributed by atoms with Crippen molar-refractivity contribution < 1.29 is 14.3 Å². The van der Waals surface area contributed by atoms with E-state index in [1.54, 1.807) is 0 Å². The Kier molecular flexibility index (Phi) is 7.94. The minimum Gasteiger partial charge on any atom is -0.379 e. The second-order valence-corrected chi connectivity index (χ2v) is 8.94. The molecule has 2 N–H and O–H groups in total. The van der Waals surface area contributed by atoms with Gasteiger partial charge in [-0.25, -0.2) is 0 Å². The molecule has 2 heterocycles. The average Bonchev–Trinajstić information content (AvgIpc) is 3.22. The molecule has 3 aliphatic rings. The zero-order chi connectivity index (χ0) is 21.5. The number of benzene rings is 1. The Balaban J connectivity index is 1.18. The fourth-order valence-corrected chi connectivity index (χ4v) is 5.09. The Morgan fingerprint density at radius 1 is 1.06 bits per heavy atom. The summed E-state index contributed by atoms with van der Waals surface area (Å²) in [5.41, 5.74) is 2.75.